The van der Waals surface area contributed by atoms with Crippen LogP contribution < -0.4 is 0 Å². The van der Waals surface area contributed by atoms with Crippen LogP contribution in [0.5, 0.6) is 0 Å². The molecule has 1 unspecified atom stereocenters. The number of hydrogen-bond acceptors (Lipinski definition) is 6. The maximum atomic E-state index is 10.1. The Morgan fingerprint density at radius 2 is 1.03 bits per heavy atom. The summed E-state index contributed by atoms with van der Waals surface area (Å²) in [5.74, 6) is 0. The molecule has 0 amide bonds. The quantitative estimate of drug-likeness (QED) is 0.461. The summed E-state index contributed by atoms with van der Waals surface area (Å²) in [6.45, 7) is 0.876. The van der Waals surface area contributed by atoms with E-state index in [0.717, 1.165) is 16.7 Å². The van der Waals surface area contributed by atoms with Crippen molar-refractivity contribution in [1.82, 2.24) is 0 Å². The molecule has 1 aliphatic rings. The monoisotopic (exact) mass is 464 g/mol. The summed E-state index contributed by atoms with van der Waals surface area (Å²) in [6, 6.07) is 29.8. The minimum Gasteiger partial charge on any atom is -0.394 e. The molecule has 0 saturated carbocycles. The molecule has 6 heteroatoms. The van der Waals surface area contributed by atoms with E-state index in [1.807, 2.05) is 91.0 Å². The first-order chi connectivity index (χ1) is 16.8. The second kappa shape index (κ2) is 12.8. The van der Waals surface area contributed by atoms with Crippen LogP contribution in [0.3, 0.4) is 0 Å². The van der Waals surface area contributed by atoms with Gasteiger partial charge in [0.2, 0.25) is 0 Å². The summed E-state index contributed by atoms with van der Waals surface area (Å²) in [5, 5.41) is 10.1. The van der Waals surface area contributed by atoms with Crippen LogP contribution in [0.1, 0.15) is 16.7 Å². The summed E-state index contributed by atoms with van der Waals surface area (Å²) in [6.07, 6.45) is -2.97. The van der Waals surface area contributed by atoms with Crippen LogP contribution in [-0.4, -0.2) is 49.5 Å². The molecule has 34 heavy (non-hydrogen) atoms. The lowest BCUT2D eigenvalue weighted by molar-refractivity contribution is -0.321. The van der Waals surface area contributed by atoms with Crippen molar-refractivity contribution in [3.05, 3.63) is 108 Å². The Labute approximate surface area is 201 Å². The average Bonchev–Trinajstić information content (AvgIpc) is 2.91. The molecule has 1 fully saturated rings. The van der Waals surface area contributed by atoms with Crippen LogP contribution in [0.25, 0.3) is 0 Å². The van der Waals surface area contributed by atoms with E-state index in [1.165, 1.54) is 0 Å². The third-order valence-electron chi connectivity index (χ3n) is 5.86. The molecule has 0 aromatic heterocycles. The maximum absolute atomic E-state index is 10.1. The molecule has 3 aromatic rings. The topological polar surface area (TPSA) is 66.4 Å². The first kappa shape index (κ1) is 24.5. The Bertz CT molecular complexity index is 895. The molecule has 1 N–H and O–H groups in total. The fourth-order valence-corrected chi connectivity index (χ4v) is 4.08. The fourth-order valence-electron chi connectivity index (χ4n) is 4.08. The lowest BCUT2D eigenvalue weighted by Gasteiger charge is -2.45. The normalized spacial score (nSPS) is 24.7. The van der Waals surface area contributed by atoms with Crippen LogP contribution in [0, 0.1) is 0 Å². The van der Waals surface area contributed by atoms with Gasteiger partial charge in [0, 0.05) is 7.11 Å². The van der Waals surface area contributed by atoms with Crippen molar-refractivity contribution in [2.24, 2.45) is 0 Å². The highest BCUT2D eigenvalue weighted by Crippen LogP contribution is 2.30. The Hall–Kier alpha value is -2.58. The molecule has 1 aliphatic heterocycles. The van der Waals surface area contributed by atoms with E-state index < -0.39 is 30.7 Å². The van der Waals surface area contributed by atoms with E-state index in [1.54, 1.807) is 7.11 Å². The highest BCUT2D eigenvalue weighted by molar-refractivity contribution is 5.15. The van der Waals surface area contributed by atoms with Crippen LogP contribution in [-0.2, 0) is 43.5 Å². The molecule has 5 atom stereocenters. The van der Waals surface area contributed by atoms with Gasteiger partial charge in [-0.25, -0.2) is 0 Å². The Kier molecular flexibility index (Phi) is 9.21. The van der Waals surface area contributed by atoms with Gasteiger partial charge in [0.1, 0.15) is 24.4 Å². The Morgan fingerprint density at radius 3 is 1.44 bits per heavy atom. The minimum absolute atomic E-state index is 0.226. The molecular weight excluding hydrogens is 432 g/mol. The van der Waals surface area contributed by atoms with E-state index in [9.17, 15) is 5.11 Å². The first-order valence-electron chi connectivity index (χ1n) is 11.5. The van der Waals surface area contributed by atoms with Gasteiger partial charge in [-0.1, -0.05) is 91.0 Å². The molecule has 0 radical (unpaired) electrons. The minimum atomic E-state index is -0.710. The largest absolute Gasteiger partial charge is 0.394 e. The zero-order valence-corrected chi connectivity index (χ0v) is 19.4. The van der Waals surface area contributed by atoms with E-state index >= 15 is 0 Å². The van der Waals surface area contributed by atoms with Crippen molar-refractivity contribution in [2.45, 2.75) is 50.5 Å². The molecule has 0 bridgehead atoms. The molecule has 6 nitrogen and oxygen atoms in total. The Morgan fingerprint density at radius 1 is 0.618 bits per heavy atom. The lowest BCUT2D eigenvalue weighted by atomic mass is 9.98. The highest BCUT2D eigenvalue weighted by atomic mass is 16.7. The molecule has 1 heterocycles. The molecule has 4 rings (SSSR count). The fraction of sp³-hybridized carbons (Fsp3) is 0.357. The number of ether oxygens (including phenoxy) is 5. The van der Waals surface area contributed by atoms with Gasteiger partial charge in [0.15, 0.2) is 6.29 Å². The van der Waals surface area contributed by atoms with Gasteiger partial charge in [0.25, 0.3) is 0 Å². The second-order valence-corrected chi connectivity index (χ2v) is 8.24. The van der Waals surface area contributed by atoms with Crippen molar-refractivity contribution in [2.75, 3.05) is 13.7 Å². The molecule has 0 aliphatic carbocycles. The smallest absolute Gasteiger partial charge is 0.186 e. The van der Waals surface area contributed by atoms with Crippen LogP contribution in [0.15, 0.2) is 91.0 Å². The summed E-state index contributed by atoms with van der Waals surface area (Å²) >= 11 is 0. The summed E-state index contributed by atoms with van der Waals surface area (Å²) in [5.41, 5.74) is 3.09. The SMILES string of the molecule is CO[C@H]1OC(CO)[C@H](OCc2ccccc2)[C@H](OCc2ccccc2)[C@H]1OCc1ccccc1. The van der Waals surface area contributed by atoms with E-state index in [-0.39, 0.29) is 6.61 Å². The van der Waals surface area contributed by atoms with Gasteiger partial charge < -0.3 is 28.8 Å². The summed E-state index contributed by atoms with van der Waals surface area (Å²) < 4.78 is 30.7. The zero-order chi connectivity index (χ0) is 23.6. The number of methoxy groups -OCH3 is 1. The lowest BCUT2D eigenvalue weighted by Crippen LogP contribution is -2.61. The van der Waals surface area contributed by atoms with Gasteiger partial charge in [-0.2, -0.15) is 0 Å². The number of aliphatic hydroxyl groups excluding tert-OH is 1. The van der Waals surface area contributed by atoms with Gasteiger partial charge >= 0.3 is 0 Å². The van der Waals surface area contributed by atoms with Crippen LogP contribution >= 0.6 is 0 Å². The van der Waals surface area contributed by atoms with Crippen molar-refractivity contribution in [3.8, 4) is 0 Å². The van der Waals surface area contributed by atoms with Crippen molar-refractivity contribution < 1.29 is 28.8 Å². The van der Waals surface area contributed by atoms with Gasteiger partial charge in [-0.15, -0.1) is 0 Å². The van der Waals surface area contributed by atoms with Crippen molar-refractivity contribution in [3.63, 3.8) is 0 Å². The Balaban J connectivity index is 1.56. The number of hydrogen-bond donors (Lipinski definition) is 1. The van der Waals surface area contributed by atoms with E-state index in [0.29, 0.717) is 19.8 Å². The predicted octanol–water partition coefficient (Wildman–Crippen LogP) is 4.11. The molecule has 180 valence electrons. The molecule has 1 saturated heterocycles. The third kappa shape index (κ3) is 6.51. The van der Waals surface area contributed by atoms with Crippen molar-refractivity contribution >= 4 is 0 Å². The number of benzene rings is 3. The van der Waals surface area contributed by atoms with E-state index in [2.05, 4.69) is 0 Å². The standard InChI is InChI=1S/C28H32O6/c1-30-28-27(33-20-23-15-9-4-10-16-23)26(32-19-22-13-7-3-8-14-22)25(24(17-29)34-28)31-18-21-11-5-2-6-12-21/h2-16,24-29H,17-20H2,1H3/t24?,25-,26-,27+,28-/m0/s1. The van der Waals surface area contributed by atoms with Gasteiger partial charge in [0.05, 0.1) is 26.4 Å². The highest BCUT2D eigenvalue weighted by Gasteiger charge is 2.48. The predicted molar refractivity (Wildman–Crippen MR) is 128 cm³/mol. The number of aliphatic hydroxyl groups is 1. The van der Waals surface area contributed by atoms with Gasteiger partial charge in [-0.3, -0.25) is 0 Å². The van der Waals surface area contributed by atoms with E-state index in [4.69, 9.17) is 23.7 Å². The van der Waals surface area contributed by atoms with Crippen LogP contribution in [0.2, 0.25) is 0 Å². The maximum Gasteiger partial charge on any atom is 0.186 e. The van der Waals surface area contributed by atoms with Crippen LogP contribution in [0.4, 0.5) is 0 Å². The first-order valence-corrected chi connectivity index (χ1v) is 11.5. The third-order valence-corrected chi connectivity index (χ3v) is 5.86. The van der Waals surface area contributed by atoms with Crippen molar-refractivity contribution in [1.29, 1.82) is 0 Å². The summed E-state index contributed by atoms with van der Waals surface area (Å²) in [7, 11) is 1.57. The molecule has 3 aromatic carbocycles. The van der Waals surface area contributed by atoms with Gasteiger partial charge in [-0.05, 0) is 16.7 Å². The summed E-state index contributed by atoms with van der Waals surface area (Å²) in [4.78, 5) is 0. The molecule has 0 spiro atoms. The second-order valence-electron chi connectivity index (χ2n) is 8.24. The average molecular weight is 465 g/mol. The number of rotatable bonds is 11. The zero-order valence-electron chi connectivity index (χ0n) is 19.4. The molecular formula is C28H32O6.